The SMILES string of the molecule is COC(=O)C(C)(C)OCC1=CCC(=CCCO)C=C1. The van der Waals surface area contributed by atoms with Crippen LogP contribution in [0.3, 0.4) is 0 Å². The predicted molar refractivity (Wildman–Crippen MR) is 73.7 cm³/mol. The third-order valence-electron chi connectivity index (χ3n) is 2.92. The first-order valence-corrected chi connectivity index (χ1v) is 6.39. The molecule has 0 fully saturated rings. The van der Waals surface area contributed by atoms with Crippen LogP contribution in [0.1, 0.15) is 26.7 Å². The fourth-order valence-electron chi connectivity index (χ4n) is 1.68. The third-order valence-corrected chi connectivity index (χ3v) is 2.92. The molecule has 1 aliphatic rings. The van der Waals surface area contributed by atoms with Gasteiger partial charge in [-0.3, -0.25) is 0 Å². The Morgan fingerprint density at radius 2 is 2.21 bits per heavy atom. The van der Waals surface area contributed by atoms with Crippen molar-refractivity contribution in [1.29, 1.82) is 0 Å². The number of hydrogen-bond acceptors (Lipinski definition) is 4. The minimum atomic E-state index is -0.934. The van der Waals surface area contributed by atoms with Crippen molar-refractivity contribution in [3.8, 4) is 0 Å². The van der Waals surface area contributed by atoms with Gasteiger partial charge < -0.3 is 14.6 Å². The molecule has 0 aliphatic heterocycles. The molecule has 0 saturated heterocycles. The quantitative estimate of drug-likeness (QED) is 0.748. The van der Waals surface area contributed by atoms with Crippen molar-refractivity contribution in [3.05, 3.63) is 35.5 Å². The lowest BCUT2D eigenvalue weighted by Crippen LogP contribution is -2.36. The first-order chi connectivity index (χ1) is 8.99. The van der Waals surface area contributed by atoms with Gasteiger partial charge in [0.25, 0.3) is 0 Å². The van der Waals surface area contributed by atoms with Crippen LogP contribution in [0.4, 0.5) is 0 Å². The molecular weight excluding hydrogens is 244 g/mol. The molecule has 0 aromatic rings. The molecule has 4 nitrogen and oxygen atoms in total. The zero-order valence-corrected chi connectivity index (χ0v) is 11.8. The van der Waals surface area contributed by atoms with Crippen molar-refractivity contribution in [2.45, 2.75) is 32.3 Å². The van der Waals surface area contributed by atoms with Crippen LogP contribution in [0.25, 0.3) is 0 Å². The fourth-order valence-corrected chi connectivity index (χ4v) is 1.68. The maximum atomic E-state index is 11.5. The van der Waals surface area contributed by atoms with E-state index < -0.39 is 5.60 Å². The summed E-state index contributed by atoms with van der Waals surface area (Å²) < 4.78 is 10.3. The Morgan fingerprint density at radius 1 is 1.47 bits per heavy atom. The fraction of sp³-hybridized carbons (Fsp3) is 0.533. The van der Waals surface area contributed by atoms with E-state index in [0.29, 0.717) is 13.0 Å². The highest BCUT2D eigenvalue weighted by molar-refractivity contribution is 5.78. The molecule has 0 bridgehead atoms. The number of carbonyl (C=O) groups is 1. The molecule has 4 heteroatoms. The van der Waals surface area contributed by atoms with Gasteiger partial charge in [-0.15, -0.1) is 0 Å². The second-order valence-corrected chi connectivity index (χ2v) is 4.90. The van der Waals surface area contributed by atoms with E-state index in [9.17, 15) is 4.79 Å². The summed E-state index contributed by atoms with van der Waals surface area (Å²) in [6.07, 6.45) is 9.57. The van der Waals surface area contributed by atoms with Crippen LogP contribution < -0.4 is 0 Å². The van der Waals surface area contributed by atoms with Crippen molar-refractivity contribution in [2.75, 3.05) is 20.3 Å². The molecular formula is C15H22O4. The molecule has 0 radical (unpaired) electrons. The Balaban J connectivity index is 2.47. The van der Waals surface area contributed by atoms with Gasteiger partial charge in [0.15, 0.2) is 5.60 Å². The summed E-state index contributed by atoms with van der Waals surface area (Å²) in [6.45, 7) is 3.94. The van der Waals surface area contributed by atoms with Gasteiger partial charge in [-0.2, -0.15) is 0 Å². The van der Waals surface area contributed by atoms with E-state index in [1.165, 1.54) is 12.7 Å². The van der Waals surface area contributed by atoms with Crippen molar-refractivity contribution in [2.24, 2.45) is 0 Å². The maximum absolute atomic E-state index is 11.5. The monoisotopic (exact) mass is 266 g/mol. The molecule has 0 heterocycles. The van der Waals surface area contributed by atoms with Crippen molar-refractivity contribution >= 4 is 5.97 Å². The summed E-state index contributed by atoms with van der Waals surface area (Å²) in [7, 11) is 1.35. The van der Waals surface area contributed by atoms with Crippen LogP contribution in [0, 0.1) is 0 Å². The number of carbonyl (C=O) groups excluding carboxylic acids is 1. The summed E-state index contributed by atoms with van der Waals surface area (Å²) in [5.74, 6) is -0.378. The lowest BCUT2D eigenvalue weighted by atomic mass is 10.0. The van der Waals surface area contributed by atoms with Gasteiger partial charge in [0.2, 0.25) is 0 Å². The minimum Gasteiger partial charge on any atom is -0.467 e. The number of aliphatic hydroxyl groups excluding tert-OH is 1. The van der Waals surface area contributed by atoms with Gasteiger partial charge in [-0.05, 0) is 37.8 Å². The number of esters is 1. The molecule has 1 N–H and O–H groups in total. The van der Waals surface area contributed by atoms with Gasteiger partial charge in [-0.25, -0.2) is 4.79 Å². The van der Waals surface area contributed by atoms with Crippen molar-refractivity contribution in [1.82, 2.24) is 0 Å². The average Bonchev–Trinajstić information content (AvgIpc) is 2.43. The number of hydrogen-bond donors (Lipinski definition) is 1. The second kappa shape index (κ2) is 7.26. The number of ether oxygens (including phenoxy) is 2. The predicted octanol–water partition coefficient (Wildman–Crippen LogP) is 2.15. The molecule has 0 spiro atoms. The molecule has 0 amide bonds. The van der Waals surface area contributed by atoms with E-state index in [0.717, 1.165) is 12.0 Å². The van der Waals surface area contributed by atoms with Gasteiger partial charge in [0.1, 0.15) is 0 Å². The lowest BCUT2D eigenvalue weighted by Gasteiger charge is -2.23. The smallest absolute Gasteiger partial charge is 0.337 e. The number of rotatable bonds is 6. The van der Waals surface area contributed by atoms with E-state index in [4.69, 9.17) is 9.84 Å². The Labute approximate surface area is 114 Å². The third kappa shape index (κ3) is 5.01. The molecule has 106 valence electrons. The van der Waals surface area contributed by atoms with E-state index in [-0.39, 0.29) is 12.6 Å². The molecule has 0 atom stereocenters. The lowest BCUT2D eigenvalue weighted by molar-refractivity contribution is -0.163. The van der Waals surface area contributed by atoms with Crippen LogP contribution in [0.2, 0.25) is 0 Å². The van der Waals surface area contributed by atoms with E-state index >= 15 is 0 Å². The van der Waals surface area contributed by atoms with Crippen molar-refractivity contribution < 1.29 is 19.4 Å². The molecule has 0 unspecified atom stereocenters. The zero-order chi connectivity index (χ0) is 14.3. The minimum absolute atomic E-state index is 0.171. The molecule has 1 rings (SSSR count). The number of aliphatic hydroxyl groups is 1. The van der Waals surface area contributed by atoms with Gasteiger partial charge in [-0.1, -0.05) is 24.3 Å². The van der Waals surface area contributed by atoms with Gasteiger partial charge in [0, 0.05) is 6.61 Å². The molecule has 0 aromatic heterocycles. The topological polar surface area (TPSA) is 55.8 Å². The summed E-state index contributed by atoms with van der Waals surface area (Å²) in [4.78, 5) is 11.5. The highest BCUT2D eigenvalue weighted by Gasteiger charge is 2.29. The van der Waals surface area contributed by atoms with E-state index in [2.05, 4.69) is 10.8 Å². The van der Waals surface area contributed by atoms with Crippen LogP contribution in [0.5, 0.6) is 0 Å². The Hall–Kier alpha value is -1.39. The van der Waals surface area contributed by atoms with Gasteiger partial charge in [0.05, 0.1) is 13.7 Å². The standard InChI is InChI=1S/C15H22O4/c1-15(2,14(17)18-3)19-11-13-8-6-12(7-9-13)5-4-10-16/h5-6,8-9,16H,4,7,10-11H2,1-3H3. The number of allylic oxidation sites excluding steroid dienone is 3. The molecule has 19 heavy (non-hydrogen) atoms. The first-order valence-electron chi connectivity index (χ1n) is 6.39. The normalized spacial score (nSPS) is 17.5. The van der Waals surface area contributed by atoms with Crippen LogP contribution >= 0.6 is 0 Å². The van der Waals surface area contributed by atoms with Crippen LogP contribution in [-0.4, -0.2) is 37.0 Å². The van der Waals surface area contributed by atoms with Crippen LogP contribution in [-0.2, 0) is 14.3 Å². The summed E-state index contributed by atoms with van der Waals surface area (Å²) in [6, 6.07) is 0. The number of methoxy groups -OCH3 is 1. The van der Waals surface area contributed by atoms with E-state index in [1.54, 1.807) is 13.8 Å². The first kappa shape index (κ1) is 15.7. The Bertz CT molecular complexity index is 402. The zero-order valence-electron chi connectivity index (χ0n) is 11.8. The highest BCUT2D eigenvalue weighted by atomic mass is 16.6. The second-order valence-electron chi connectivity index (χ2n) is 4.90. The summed E-state index contributed by atoms with van der Waals surface area (Å²) in [5.41, 5.74) is 1.29. The molecule has 0 saturated carbocycles. The van der Waals surface area contributed by atoms with Gasteiger partial charge >= 0.3 is 5.97 Å². The summed E-state index contributed by atoms with van der Waals surface area (Å²) in [5, 5.41) is 8.75. The Morgan fingerprint density at radius 3 is 2.74 bits per heavy atom. The average molecular weight is 266 g/mol. The van der Waals surface area contributed by atoms with E-state index in [1.807, 2.05) is 18.2 Å². The Kier molecular flexibility index (Phi) is 5.99. The van der Waals surface area contributed by atoms with Crippen molar-refractivity contribution in [3.63, 3.8) is 0 Å². The summed E-state index contributed by atoms with van der Waals surface area (Å²) >= 11 is 0. The molecule has 1 aliphatic carbocycles. The molecule has 0 aromatic carbocycles. The van der Waals surface area contributed by atoms with Crippen LogP contribution in [0.15, 0.2) is 35.5 Å². The largest absolute Gasteiger partial charge is 0.467 e. The highest BCUT2D eigenvalue weighted by Crippen LogP contribution is 2.19. The maximum Gasteiger partial charge on any atom is 0.337 e.